The molecule has 1 radical (unpaired) electrons. The molecule has 0 saturated carbocycles. The number of nitrogens with two attached hydrogens (primary N) is 1. The molecule has 0 spiro atoms. The molecule has 1 aliphatic heterocycles. The number of hydrogen-bond donors (Lipinski definition) is 1. The molecule has 1 heterocycles. The van der Waals surface area contributed by atoms with Gasteiger partial charge in [-0.25, -0.2) is 0 Å². The molecular formula is C13H15N2O2. The minimum Gasteiger partial charge on any atom is -0.330 e. The zero-order chi connectivity index (χ0) is 12.3. The minimum atomic E-state index is -0.224. The van der Waals surface area contributed by atoms with Gasteiger partial charge in [-0.3, -0.25) is 14.5 Å². The monoisotopic (exact) mass is 231 g/mol. The van der Waals surface area contributed by atoms with Crippen molar-refractivity contribution in [3.63, 3.8) is 0 Å². The van der Waals surface area contributed by atoms with Crippen LogP contribution in [0.2, 0.25) is 0 Å². The van der Waals surface area contributed by atoms with E-state index in [0.29, 0.717) is 24.1 Å². The van der Waals surface area contributed by atoms with Crippen LogP contribution in [-0.2, 0) is 0 Å². The van der Waals surface area contributed by atoms with Crippen molar-refractivity contribution in [2.75, 3.05) is 6.54 Å². The Labute approximate surface area is 100 Å². The number of nitrogens with zero attached hydrogens (tertiary/aromatic N) is 1. The van der Waals surface area contributed by atoms with Gasteiger partial charge in [-0.05, 0) is 31.5 Å². The number of hydrogen-bond acceptors (Lipinski definition) is 3. The first-order chi connectivity index (χ1) is 8.25. The van der Waals surface area contributed by atoms with Gasteiger partial charge in [0.05, 0.1) is 17.7 Å². The van der Waals surface area contributed by atoms with Crippen LogP contribution in [0.25, 0.3) is 0 Å². The van der Waals surface area contributed by atoms with Crippen molar-refractivity contribution in [2.24, 2.45) is 5.73 Å². The third-order valence-corrected chi connectivity index (χ3v) is 2.80. The van der Waals surface area contributed by atoms with E-state index in [1.807, 2.05) is 0 Å². The van der Waals surface area contributed by atoms with Gasteiger partial charge in [-0.2, -0.15) is 0 Å². The van der Waals surface area contributed by atoms with Crippen LogP contribution in [0.4, 0.5) is 0 Å². The van der Waals surface area contributed by atoms with E-state index in [2.05, 4.69) is 0 Å². The Morgan fingerprint density at radius 3 is 2.18 bits per heavy atom. The molecule has 2 amide bonds. The van der Waals surface area contributed by atoms with E-state index >= 15 is 0 Å². The lowest BCUT2D eigenvalue weighted by atomic mass is 10.1. The van der Waals surface area contributed by atoms with Crippen molar-refractivity contribution in [2.45, 2.75) is 19.3 Å². The van der Waals surface area contributed by atoms with Crippen LogP contribution >= 0.6 is 0 Å². The molecule has 4 heteroatoms. The summed E-state index contributed by atoms with van der Waals surface area (Å²) in [6.07, 6.45) is 2.49. The van der Waals surface area contributed by atoms with Crippen LogP contribution in [0.1, 0.15) is 40.0 Å². The highest BCUT2D eigenvalue weighted by Crippen LogP contribution is 2.24. The highest BCUT2D eigenvalue weighted by atomic mass is 16.2. The summed E-state index contributed by atoms with van der Waals surface area (Å²) < 4.78 is 0. The third kappa shape index (κ3) is 2.22. The maximum absolute atomic E-state index is 11.9. The molecule has 1 aromatic rings. The van der Waals surface area contributed by atoms with Crippen LogP contribution in [0.3, 0.4) is 0 Å². The summed E-state index contributed by atoms with van der Waals surface area (Å²) in [6, 6.07) is 6.90. The molecule has 0 unspecified atom stereocenters. The van der Waals surface area contributed by atoms with E-state index < -0.39 is 0 Å². The maximum atomic E-state index is 11.9. The van der Waals surface area contributed by atoms with Gasteiger partial charge < -0.3 is 5.73 Å². The number of unbranched alkanes of at least 4 members (excludes halogenated alkanes) is 2. The van der Waals surface area contributed by atoms with Crippen LogP contribution in [0, 0.1) is 6.54 Å². The second-order valence-electron chi connectivity index (χ2n) is 3.99. The van der Waals surface area contributed by atoms with Gasteiger partial charge in [0.1, 0.15) is 0 Å². The van der Waals surface area contributed by atoms with E-state index in [9.17, 15) is 9.59 Å². The first-order valence-electron chi connectivity index (χ1n) is 5.76. The number of benzene rings is 1. The van der Waals surface area contributed by atoms with E-state index in [4.69, 9.17) is 5.73 Å². The Morgan fingerprint density at radius 1 is 1.06 bits per heavy atom. The number of carbonyl (C=O) groups excluding carboxylic acids is 2. The summed E-state index contributed by atoms with van der Waals surface area (Å²) in [5.41, 5.74) is 6.37. The van der Waals surface area contributed by atoms with Crippen molar-refractivity contribution in [3.05, 3.63) is 41.9 Å². The predicted octanol–water partition coefficient (Wildman–Crippen LogP) is 1.57. The average molecular weight is 231 g/mol. The fourth-order valence-corrected chi connectivity index (χ4v) is 1.88. The zero-order valence-corrected chi connectivity index (χ0v) is 9.56. The molecule has 0 bridgehead atoms. The first-order valence-corrected chi connectivity index (χ1v) is 5.76. The van der Waals surface area contributed by atoms with Crippen molar-refractivity contribution in [3.8, 4) is 0 Å². The third-order valence-electron chi connectivity index (χ3n) is 2.80. The molecule has 0 fully saturated rings. The van der Waals surface area contributed by atoms with Crippen LogP contribution in [-0.4, -0.2) is 23.3 Å². The molecule has 0 saturated heterocycles. The highest BCUT2D eigenvalue weighted by molar-refractivity contribution is 6.21. The smallest absolute Gasteiger partial charge is 0.261 e. The summed E-state index contributed by atoms with van der Waals surface area (Å²) in [7, 11) is 0. The number of rotatable bonds is 5. The molecule has 2 rings (SSSR count). The lowest BCUT2D eigenvalue weighted by molar-refractivity contribution is 0.0692. The summed E-state index contributed by atoms with van der Waals surface area (Å²) in [4.78, 5) is 25.0. The quantitative estimate of drug-likeness (QED) is 0.618. The molecule has 1 aromatic carbocycles. The van der Waals surface area contributed by atoms with Crippen LogP contribution < -0.4 is 5.73 Å². The Balaban J connectivity index is 2.03. The lowest BCUT2D eigenvalue weighted by Crippen LogP contribution is -2.26. The van der Waals surface area contributed by atoms with E-state index in [-0.39, 0.29) is 11.8 Å². The summed E-state index contributed by atoms with van der Waals surface area (Å²) in [6.45, 7) is 2.30. The first kappa shape index (κ1) is 11.8. The van der Waals surface area contributed by atoms with E-state index in [1.54, 1.807) is 30.8 Å². The molecule has 89 valence electrons. The van der Waals surface area contributed by atoms with Gasteiger partial charge in [-0.15, -0.1) is 0 Å². The average Bonchev–Trinajstić information content (AvgIpc) is 2.60. The number of amides is 2. The molecule has 4 nitrogen and oxygen atoms in total. The normalized spacial score (nSPS) is 14.3. The number of fused-ring (bicyclic) bond motifs is 1. The fraction of sp³-hybridized carbons (Fsp3) is 0.308. The number of carbonyl (C=O) groups is 2. The SMILES string of the molecule is NCCCC[CH]N1C(=O)c2ccccc2C1=O. The maximum Gasteiger partial charge on any atom is 0.261 e. The standard InChI is InChI=1S/C13H15N2O2/c14-8-4-1-5-9-15-12(16)10-6-2-3-7-11(10)13(15)17/h2-3,6-7,9H,1,4-5,8,14H2. The lowest BCUT2D eigenvalue weighted by Gasteiger charge is -2.12. The van der Waals surface area contributed by atoms with Gasteiger partial charge >= 0.3 is 0 Å². The molecule has 0 atom stereocenters. The zero-order valence-electron chi connectivity index (χ0n) is 9.56. The topological polar surface area (TPSA) is 63.4 Å². The molecule has 1 aliphatic rings. The molecule has 2 N–H and O–H groups in total. The minimum absolute atomic E-state index is 0.224. The van der Waals surface area contributed by atoms with E-state index in [0.717, 1.165) is 12.8 Å². The Kier molecular flexibility index (Phi) is 3.54. The van der Waals surface area contributed by atoms with Crippen molar-refractivity contribution < 1.29 is 9.59 Å². The van der Waals surface area contributed by atoms with E-state index in [1.165, 1.54) is 4.90 Å². The highest BCUT2D eigenvalue weighted by Gasteiger charge is 2.34. The number of imide groups is 1. The Morgan fingerprint density at radius 2 is 1.65 bits per heavy atom. The fourth-order valence-electron chi connectivity index (χ4n) is 1.88. The Hall–Kier alpha value is -1.68. The molecule has 17 heavy (non-hydrogen) atoms. The van der Waals surface area contributed by atoms with Crippen LogP contribution in [0.15, 0.2) is 24.3 Å². The van der Waals surface area contributed by atoms with Gasteiger partial charge in [0, 0.05) is 0 Å². The van der Waals surface area contributed by atoms with Gasteiger partial charge in [0.25, 0.3) is 11.8 Å². The molecule has 0 aliphatic carbocycles. The van der Waals surface area contributed by atoms with Gasteiger partial charge in [0.15, 0.2) is 0 Å². The molecule has 0 aromatic heterocycles. The summed E-state index contributed by atoms with van der Waals surface area (Å²) >= 11 is 0. The summed E-state index contributed by atoms with van der Waals surface area (Å²) in [5.74, 6) is -0.448. The second kappa shape index (κ2) is 5.10. The van der Waals surface area contributed by atoms with Crippen molar-refractivity contribution in [1.29, 1.82) is 0 Å². The predicted molar refractivity (Wildman–Crippen MR) is 64.1 cm³/mol. The molecular weight excluding hydrogens is 216 g/mol. The summed E-state index contributed by atoms with van der Waals surface area (Å²) in [5, 5.41) is 0. The van der Waals surface area contributed by atoms with Crippen molar-refractivity contribution in [1.82, 2.24) is 4.90 Å². The second-order valence-corrected chi connectivity index (χ2v) is 3.99. The Bertz CT molecular complexity index is 408. The van der Waals surface area contributed by atoms with Crippen molar-refractivity contribution >= 4 is 11.8 Å². The van der Waals surface area contributed by atoms with Crippen LogP contribution in [0.5, 0.6) is 0 Å². The van der Waals surface area contributed by atoms with Gasteiger partial charge in [-0.1, -0.05) is 18.6 Å². The van der Waals surface area contributed by atoms with Gasteiger partial charge in [0.2, 0.25) is 0 Å². The largest absolute Gasteiger partial charge is 0.330 e.